The van der Waals surface area contributed by atoms with Gasteiger partial charge >= 0.3 is 6.03 Å². The number of hydrogen-bond donors (Lipinski definition) is 2. The number of nitrogens with one attached hydrogen (secondary N) is 2. The summed E-state index contributed by atoms with van der Waals surface area (Å²) in [6.45, 7) is 1.59. The van der Waals surface area contributed by atoms with Gasteiger partial charge in [-0.3, -0.25) is 0 Å². The van der Waals surface area contributed by atoms with E-state index >= 15 is 0 Å². The standard InChI is InChI=1S/C21H24N4O4S/c26-21(23-20-17-5-1-3-14(17)11-15-4-2-6-18(15)20)24-30(27,28)10-7-16-12-22-19-13-29-9-8-25(16)19/h7,10-12H,1-6,8-9,13H2,(H2,23,24,26)/b10-7+. The molecule has 2 aromatic rings. The summed E-state index contributed by atoms with van der Waals surface area (Å²) in [5.41, 5.74) is 6.36. The maximum Gasteiger partial charge on any atom is 0.333 e. The maximum atomic E-state index is 12.6. The number of carbonyl (C=O) groups excluding carboxylic acids is 1. The molecule has 158 valence electrons. The highest BCUT2D eigenvalue weighted by atomic mass is 32.2. The maximum absolute atomic E-state index is 12.6. The number of imidazole rings is 1. The Morgan fingerprint density at radius 3 is 2.60 bits per heavy atom. The van der Waals surface area contributed by atoms with E-state index in [1.54, 1.807) is 6.20 Å². The topological polar surface area (TPSA) is 102 Å². The minimum absolute atomic E-state index is 0.410. The molecule has 2 aliphatic carbocycles. The van der Waals surface area contributed by atoms with Crippen LogP contribution in [0.5, 0.6) is 0 Å². The molecule has 1 aromatic heterocycles. The predicted octanol–water partition coefficient (Wildman–Crippen LogP) is 2.51. The lowest BCUT2D eigenvalue weighted by Gasteiger charge is -2.16. The van der Waals surface area contributed by atoms with E-state index in [9.17, 15) is 13.2 Å². The van der Waals surface area contributed by atoms with Gasteiger partial charge in [-0.15, -0.1) is 0 Å². The third-order valence-corrected chi connectivity index (χ3v) is 6.99. The molecule has 0 fully saturated rings. The number of fused-ring (bicyclic) bond motifs is 3. The number of ether oxygens (including phenoxy) is 1. The average Bonchev–Trinajstić information content (AvgIpc) is 3.45. The molecule has 1 aliphatic heterocycles. The number of anilines is 1. The molecule has 0 bridgehead atoms. The van der Waals surface area contributed by atoms with Gasteiger partial charge in [0.25, 0.3) is 10.0 Å². The van der Waals surface area contributed by atoms with Crippen molar-refractivity contribution in [1.29, 1.82) is 0 Å². The Labute approximate surface area is 175 Å². The Hall–Kier alpha value is -2.65. The van der Waals surface area contributed by atoms with Crippen LogP contribution in [0.2, 0.25) is 0 Å². The third kappa shape index (κ3) is 3.63. The molecular weight excluding hydrogens is 404 g/mol. The van der Waals surface area contributed by atoms with E-state index < -0.39 is 16.1 Å². The van der Waals surface area contributed by atoms with Crippen LogP contribution in [-0.2, 0) is 53.6 Å². The smallest absolute Gasteiger partial charge is 0.333 e. The Balaban J connectivity index is 1.32. The van der Waals surface area contributed by atoms with Crippen LogP contribution >= 0.6 is 0 Å². The number of aromatic nitrogens is 2. The quantitative estimate of drug-likeness (QED) is 0.779. The Morgan fingerprint density at radius 2 is 1.87 bits per heavy atom. The van der Waals surface area contributed by atoms with Crippen molar-refractivity contribution in [3.8, 4) is 0 Å². The second-order valence-electron chi connectivity index (χ2n) is 7.94. The van der Waals surface area contributed by atoms with Gasteiger partial charge in [0.15, 0.2) is 0 Å². The van der Waals surface area contributed by atoms with Crippen LogP contribution in [0.4, 0.5) is 10.5 Å². The highest BCUT2D eigenvalue weighted by molar-refractivity contribution is 7.93. The number of sulfonamides is 1. The van der Waals surface area contributed by atoms with Gasteiger partial charge in [-0.05, 0) is 66.9 Å². The minimum atomic E-state index is -3.95. The number of nitrogens with zero attached hydrogens (tertiary/aromatic N) is 2. The zero-order valence-electron chi connectivity index (χ0n) is 16.6. The number of rotatable bonds is 4. The van der Waals surface area contributed by atoms with E-state index in [4.69, 9.17) is 4.74 Å². The van der Waals surface area contributed by atoms with Gasteiger partial charge in [-0.25, -0.2) is 22.9 Å². The number of carbonyl (C=O) groups is 1. The number of urea groups is 1. The van der Waals surface area contributed by atoms with Gasteiger partial charge < -0.3 is 14.6 Å². The fourth-order valence-corrected chi connectivity index (χ4v) is 5.38. The van der Waals surface area contributed by atoms with E-state index in [-0.39, 0.29) is 0 Å². The molecule has 2 amide bonds. The molecule has 30 heavy (non-hydrogen) atoms. The number of benzene rings is 1. The summed E-state index contributed by atoms with van der Waals surface area (Å²) >= 11 is 0. The highest BCUT2D eigenvalue weighted by Crippen LogP contribution is 2.38. The first-order chi connectivity index (χ1) is 14.5. The Kier molecular flexibility index (Phi) is 4.86. The van der Waals surface area contributed by atoms with Crippen molar-refractivity contribution in [2.24, 2.45) is 0 Å². The summed E-state index contributed by atoms with van der Waals surface area (Å²) < 4.78 is 34.3. The van der Waals surface area contributed by atoms with Crippen molar-refractivity contribution in [1.82, 2.24) is 14.3 Å². The Bertz CT molecular complexity index is 1120. The second-order valence-corrected chi connectivity index (χ2v) is 9.51. The first kappa shape index (κ1) is 19.3. The molecule has 0 unspecified atom stereocenters. The zero-order valence-corrected chi connectivity index (χ0v) is 17.4. The van der Waals surface area contributed by atoms with Crippen LogP contribution < -0.4 is 10.0 Å². The molecule has 0 radical (unpaired) electrons. The normalized spacial score (nSPS) is 17.6. The number of hydrogen-bond acceptors (Lipinski definition) is 5. The van der Waals surface area contributed by atoms with Crippen molar-refractivity contribution in [3.05, 3.63) is 51.4 Å². The summed E-state index contributed by atoms with van der Waals surface area (Å²) in [4.78, 5) is 16.8. The lowest BCUT2D eigenvalue weighted by molar-refractivity contribution is 0.0814. The molecular formula is C21H24N4O4S. The van der Waals surface area contributed by atoms with Gasteiger partial charge in [-0.2, -0.15) is 0 Å². The van der Waals surface area contributed by atoms with Crippen LogP contribution in [0, 0.1) is 0 Å². The molecule has 2 N–H and O–H groups in total. The summed E-state index contributed by atoms with van der Waals surface area (Å²) in [5.74, 6) is 0.760. The zero-order chi connectivity index (χ0) is 20.7. The SMILES string of the molecule is O=C(Nc1c2c(cc3c1CCC3)CCC2)NS(=O)(=O)/C=C/c1cnc2n1CCOC2. The fraction of sp³-hybridized carbons (Fsp3) is 0.429. The van der Waals surface area contributed by atoms with Crippen LogP contribution in [-0.4, -0.2) is 30.6 Å². The summed E-state index contributed by atoms with van der Waals surface area (Å²) in [5, 5.41) is 3.85. The molecule has 1 aromatic carbocycles. The van der Waals surface area contributed by atoms with Crippen LogP contribution in [0.15, 0.2) is 17.7 Å². The van der Waals surface area contributed by atoms with Gasteiger partial charge in [-0.1, -0.05) is 6.07 Å². The molecule has 5 rings (SSSR count). The van der Waals surface area contributed by atoms with Gasteiger partial charge in [0.2, 0.25) is 0 Å². The molecule has 0 spiro atoms. The molecule has 2 heterocycles. The van der Waals surface area contributed by atoms with E-state index in [0.29, 0.717) is 25.5 Å². The molecule has 0 saturated carbocycles. The van der Waals surface area contributed by atoms with Crippen molar-refractivity contribution in [2.45, 2.75) is 51.7 Å². The van der Waals surface area contributed by atoms with E-state index in [0.717, 1.165) is 66.6 Å². The molecule has 9 heteroatoms. The molecule has 3 aliphatic rings. The van der Waals surface area contributed by atoms with Crippen LogP contribution in [0.25, 0.3) is 6.08 Å². The first-order valence-electron chi connectivity index (χ1n) is 10.3. The van der Waals surface area contributed by atoms with Crippen LogP contribution in [0.3, 0.4) is 0 Å². The van der Waals surface area contributed by atoms with E-state index in [1.807, 2.05) is 4.57 Å². The van der Waals surface area contributed by atoms with Crippen molar-refractivity contribution >= 4 is 27.8 Å². The largest absolute Gasteiger partial charge is 0.372 e. The first-order valence-corrected chi connectivity index (χ1v) is 11.9. The number of amides is 2. The van der Waals surface area contributed by atoms with E-state index in [1.165, 1.54) is 17.2 Å². The van der Waals surface area contributed by atoms with Gasteiger partial charge in [0.1, 0.15) is 12.4 Å². The second kappa shape index (κ2) is 7.55. The van der Waals surface area contributed by atoms with E-state index in [2.05, 4.69) is 21.1 Å². The highest BCUT2D eigenvalue weighted by Gasteiger charge is 2.25. The van der Waals surface area contributed by atoms with Crippen LogP contribution in [0.1, 0.15) is 46.6 Å². The van der Waals surface area contributed by atoms with Crippen molar-refractivity contribution < 1.29 is 17.9 Å². The summed E-state index contributed by atoms with van der Waals surface area (Å²) in [7, 11) is -3.95. The third-order valence-electron chi connectivity index (χ3n) is 6.02. The molecule has 0 atom stereocenters. The summed E-state index contributed by atoms with van der Waals surface area (Å²) in [6, 6.07) is 1.54. The monoisotopic (exact) mass is 428 g/mol. The van der Waals surface area contributed by atoms with Crippen molar-refractivity contribution in [3.63, 3.8) is 0 Å². The van der Waals surface area contributed by atoms with Crippen molar-refractivity contribution in [2.75, 3.05) is 11.9 Å². The predicted molar refractivity (Wildman–Crippen MR) is 112 cm³/mol. The number of aryl methyl sites for hydroxylation is 2. The van der Waals surface area contributed by atoms with Gasteiger partial charge in [0, 0.05) is 12.2 Å². The minimum Gasteiger partial charge on any atom is -0.372 e. The van der Waals surface area contributed by atoms with Gasteiger partial charge in [0.05, 0.1) is 23.9 Å². The lowest BCUT2D eigenvalue weighted by atomic mass is 9.99. The molecule has 8 nitrogen and oxygen atoms in total. The molecule has 0 saturated heterocycles. The lowest BCUT2D eigenvalue weighted by Crippen LogP contribution is -2.33. The average molecular weight is 429 g/mol. The fourth-order valence-electron chi connectivity index (χ4n) is 4.68. The Morgan fingerprint density at radius 1 is 1.13 bits per heavy atom. The summed E-state index contributed by atoms with van der Waals surface area (Å²) in [6.07, 6.45) is 9.05.